The predicted octanol–water partition coefficient (Wildman–Crippen LogP) is 2.82. The normalized spacial score (nSPS) is 19.1. The molecule has 0 aliphatic carbocycles. The summed E-state index contributed by atoms with van der Waals surface area (Å²) in [5, 5.41) is 13.0. The predicted molar refractivity (Wildman–Crippen MR) is 141 cm³/mol. The lowest BCUT2D eigenvalue weighted by Gasteiger charge is -2.38. The van der Waals surface area contributed by atoms with Crippen molar-refractivity contribution in [1.29, 1.82) is 0 Å². The number of aromatic nitrogens is 4. The summed E-state index contributed by atoms with van der Waals surface area (Å²) < 4.78 is 7.50. The van der Waals surface area contributed by atoms with Crippen molar-refractivity contribution in [2.24, 2.45) is 0 Å². The molecule has 1 aromatic heterocycles. The fraction of sp³-hybridized carbons (Fsp3) is 0.464. The molecule has 0 radical (unpaired) electrons. The van der Waals surface area contributed by atoms with Crippen molar-refractivity contribution in [3.8, 4) is 0 Å². The standard InChI is InChI=1S/C28H37N7O/c1-3-9-25(10-4-1)11-7-14-32-17-19-34(20-18-32)27(26-12-5-2-6-13-26)28-29-30-31-35(28)16-8-15-33-21-23-36-24-22-33/h1-7,9-13,27H,8,14-24H2/t27-/m0/s1. The Morgan fingerprint density at radius 2 is 1.53 bits per heavy atom. The minimum atomic E-state index is 0.0617. The third-order valence-corrected chi connectivity index (χ3v) is 7.11. The topological polar surface area (TPSA) is 62.6 Å². The minimum Gasteiger partial charge on any atom is -0.379 e. The summed E-state index contributed by atoms with van der Waals surface area (Å²) in [6.07, 6.45) is 5.51. The number of nitrogens with zero attached hydrogens (tertiary/aromatic N) is 7. The molecule has 0 amide bonds. The molecule has 2 fully saturated rings. The van der Waals surface area contributed by atoms with Crippen molar-refractivity contribution in [3.63, 3.8) is 0 Å². The molecule has 1 atom stereocenters. The number of morpholine rings is 1. The van der Waals surface area contributed by atoms with Crippen LogP contribution in [-0.2, 0) is 11.3 Å². The van der Waals surface area contributed by atoms with Gasteiger partial charge in [-0.3, -0.25) is 14.7 Å². The number of rotatable bonds is 10. The lowest BCUT2D eigenvalue weighted by molar-refractivity contribution is 0.0367. The molecule has 0 saturated carbocycles. The molecule has 2 aromatic carbocycles. The van der Waals surface area contributed by atoms with Crippen molar-refractivity contribution >= 4 is 6.08 Å². The van der Waals surface area contributed by atoms with E-state index in [1.807, 2.05) is 4.68 Å². The summed E-state index contributed by atoms with van der Waals surface area (Å²) in [5.41, 5.74) is 2.50. The SMILES string of the molecule is C(=Cc1ccccc1)CN1CCN([C@@H](c2ccccc2)c2nnnn2CCCN2CCOCC2)CC1. The van der Waals surface area contributed by atoms with Crippen molar-refractivity contribution in [2.45, 2.75) is 19.0 Å². The number of hydrogen-bond acceptors (Lipinski definition) is 7. The van der Waals surface area contributed by atoms with E-state index in [0.717, 1.165) is 84.4 Å². The van der Waals surface area contributed by atoms with Crippen LogP contribution in [0, 0.1) is 0 Å². The molecule has 3 aromatic rings. The number of piperazine rings is 1. The Bertz CT molecular complexity index is 1060. The van der Waals surface area contributed by atoms with Gasteiger partial charge < -0.3 is 4.74 Å². The maximum Gasteiger partial charge on any atom is 0.173 e. The molecule has 0 N–H and O–H groups in total. The Morgan fingerprint density at radius 1 is 0.806 bits per heavy atom. The molecule has 8 nitrogen and oxygen atoms in total. The number of tetrazole rings is 1. The first-order valence-electron chi connectivity index (χ1n) is 13.2. The molecule has 2 aliphatic rings. The van der Waals surface area contributed by atoms with Crippen LogP contribution in [0.4, 0.5) is 0 Å². The van der Waals surface area contributed by atoms with E-state index < -0.39 is 0 Å². The Kier molecular flexibility index (Phi) is 8.86. The highest BCUT2D eigenvalue weighted by molar-refractivity contribution is 5.48. The van der Waals surface area contributed by atoms with Gasteiger partial charge in [0.15, 0.2) is 5.82 Å². The third-order valence-electron chi connectivity index (χ3n) is 7.11. The molecule has 3 heterocycles. The molecule has 0 bridgehead atoms. The quantitative estimate of drug-likeness (QED) is 0.436. The van der Waals surface area contributed by atoms with E-state index in [2.05, 4.69) is 103 Å². The van der Waals surface area contributed by atoms with E-state index in [4.69, 9.17) is 4.74 Å². The molecule has 190 valence electrons. The number of aryl methyl sites for hydroxylation is 1. The lowest BCUT2D eigenvalue weighted by atomic mass is 10.0. The molecule has 2 aliphatic heterocycles. The second kappa shape index (κ2) is 12.9. The average molecular weight is 488 g/mol. The first-order chi connectivity index (χ1) is 17.9. The molecule has 5 rings (SSSR count). The molecular weight excluding hydrogens is 450 g/mol. The number of benzene rings is 2. The lowest BCUT2D eigenvalue weighted by Crippen LogP contribution is -2.48. The average Bonchev–Trinajstić information content (AvgIpc) is 3.39. The molecular formula is C28H37N7O. The zero-order valence-electron chi connectivity index (χ0n) is 21.0. The van der Waals surface area contributed by atoms with Crippen LogP contribution >= 0.6 is 0 Å². The highest BCUT2D eigenvalue weighted by atomic mass is 16.5. The van der Waals surface area contributed by atoms with E-state index in [1.54, 1.807) is 0 Å². The second-order valence-electron chi connectivity index (χ2n) is 9.53. The van der Waals surface area contributed by atoms with Crippen molar-refractivity contribution < 1.29 is 4.74 Å². The summed E-state index contributed by atoms with van der Waals surface area (Å²) in [4.78, 5) is 7.52. The van der Waals surface area contributed by atoms with Crippen LogP contribution in [0.25, 0.3) is 6.08 Å². The number of hydrogen-bond donors (Lipinski definition) is 0. The fourth-order valence-corrected chi connectivity index (χ4v) is 5.10. The van der Waals surface area contributed by atoms with Gasteiger partial charge in [0.1, 0.15) is 0 Å². The zero-order chi connectivity index (χ0) is 24.4. The Hall–Kier alpha value is -2.91. The summed E-state index contributed by atoms with van der Waals surface area (Å²) in [6, 6.07) is 21.3. The van der Waals surface area contributed by atoms with Gasteiger partial charge in [-0.1, -0.05) is 72.8 Å². The van der Waals surface area contributed by atoms with Gasteiger partial charge in [-0.15, -0.1) is 5.10 Å². The van der Waals surface area contributed by atoms with Crippen molar-refractivity contribution in [3.05, 3.63) is 83.7 Å². The van der Waals surface area contributed by atoms with Gasteiger partial charge in [0.05, 0.1) is 19.3 Å². The van der Waals surface area contributed by atoms with E-state index in [0.29, 0.717) is 0 Å². The van der Waals surface area contributed by atoms with E-state index in [1.165, 1.54) is 11.1 Å². The Morgan fingerprint density at radius 3 is 2.28 bits per heavy atom. The molecule has 0 spiro atoms. The molecule has 8 heteroatoms. The van der Waals surface area contributed by atoms with Crippen LogP contribution in [-0.4, -0.2) is 100 Å². The van der Waals surface area contributed by atoms with E-state index in [9.17, 15) is 0 Å². The first-order valence-corrected chi connectivity index (χ1v) is 13.2. The van der Waals surface area contributed by atoms with Gasteiger partial charge in [-0.05, 0) is 28.0 Å². The highest BCUT2D eigenvalue weighted by Gasteiger charge is 2.30. The van der Waals surface area contributed by atoms with Gasteiger partial charge in [0.25, 0.3) is 0 Å². The summed E-state index contributed by atoms with van der Waals surface area (Å²) in [6.45, 7) is 10.6. The first kappa shape index (κ1) is 24.8. The number of ether oxygens (including phenoxy) is 1. The van der Waals surface area contributed by atoms with Gasteiger partial charge in [0.2, 0.25) is 0 Å². The minimum absolute atomic E-state index is 0.0617. The maximum absolute atomic E-state index is 5.48. The van der Waals surface area contributed by atoms with Crippen LogP contribution in [0.1, 0.15) is 29.4 Å². The van der Waals surface area contributed by atoms with Crippen LogP contribution < -0.4 is 0 Å². The van der Waals surface area contributed by atoms with Crippen LogP contribution in [0.2, 0.25) is 0 Å². The van der Waals surface area contributed by atoms with Gasteiger partial charge in [0, 0.05) is 58.9 Å². The summed E-state index contributed by atoms with van der Waals surface area (Å²) >= 11 is 0. The van der Waals surface area contributed by atoms with Gasteiger partial charge >= 0.3 is 0 Å². The van der Waals surface area contributed by atoms with Crippen molar-refractivity contribution in [2.75, 3.05) is 65.6 Å². The van der Waals surface area contributed by atoms with E-state index >= 15 is 0 Å². The maximum atomic E-state index is 5.48. The largest absolute Gasteiger partial charge is 0.379 e. The second-order valence-corrected chi connectivity index (χ2v) is 9.53. The summed E-state index contributed by atoms with van der Waals surface area (Å²) in [7, 11) is 0. The van der Waals surface area contributed by atoms with Crippen molar-refractivity contribution in [1.82, 2.24) is 34.9 Å². The molecule has 0 unspecified atom stereocenters. The molecule has 2 saturated heterocycles. The summed E-state index contributed by atoms with van der Waals surface area (Å²) in [5.74, 6) is 0.945. The van der Waals surface area contributed by atoms with Crippen LogP contribution in [0.5, 0.6) is 0 Å². The third kappa shape index (κ3) is 6.64. The smallest absolute Gasteiger partial charge is 0.173 e. The van der Waals surface area contributed by atoms with Crippen LogP contribution in [0.15, 0.2) is 66.7 Å². The monoisotopic (exact) mass is 487 g/mol. The fourth-order valence-electron chi connectivity index (χ4n) is 5.10. The van der Waals surface area contributed by atoms with Crippen LogP contribution in [0.3, 0.4) is 0 Å². The zero-order valence-corrected chi connectivity index (χ0v) is 21.0. The van der Waals surface area contributed by atoms with E-state index in [-0.39, 0.29) is 6.04 Å². The highest BCUT2D eigenvalue weighted by Crippen LogP contribution is 2.28. The van der Waals surface area contributed by atoms with Gasteiger partial charge in [-0.2, -0.15) is 0 Å². The Labute approximate surface area is 214 Å². The molecule has 36 heavy (non-hydrogen) atoms. The Balaban J connectivity index is 1.22. The van der Waals surface area contributed by atoms with Gasteiger partial charge in [-0.25, -0.2) is 4.68 Å².